The largest absolute Gasteiger partial charge is 0.376 e. The molecule has 0 radical (unpaired) electrons. The molecule has 1 fully saturated rings. The van der Waals surface area contributed by atoms with Gasteiger partial charge in [-0.05, 0) is 24.5 Å². The molecule has 106 valence electrons. The number of nitrogens with zero attached hydrogens (tertiary/aromatic N) is 1. The molecule has 2 N–H and O–H groups in total. The van der Waals surface area contributed by atoms with Crippen LogP contribution in [0, 0.1) is 0 Å². The standard InChI is InChI=1S/C15H23BrN2O/c1-2-12-11-18(9-10-19-12)8-7-15(17)13-5-3-4-6-14(13)16/h3-6,12,15H,2,7-11,17H2,1H3. The van der Waals surface area contributed by atoms with Gasteiger partial charge in [-0.2, -0.15) is 0 Å². The van der Waals surface area contributed by atoms with E-state index in [1.54, 1.807) is 0 Å². The highest BCUT2D eigenvalue weighted by Crippen LogP contribution is 2.24. The van der Waals surface area contributed by atoms with E-state index in [4.69, 9.17) is 10.5 Å². The highest BCUT2D eigenvalue weighted by Gasteiger charge is 2.19. The van der Waals surface area contributed by atoms with Crippen molar-refractivity contribution in [3.05, 3.63) is 34.3 Å². The lowest BCUT2D eigenvalue weighted by Gasteiger charge is -2.33. The lowest BCUT2D eigenvalue weighted by Crippen LogP contribution is -2.43. The van der Waals surface area contributed by atoms with Crippen molar-refractivity contribution in [1.29, 1.82) is 0 Å². The van der Waals surface area contributed by atoms with Crippen LogP contribution >= 0.6 is 15.9 Å². The fraction of sp³-hybridized carbons (Fsp3) is 0.600. The topological polar surface area (TPSA) is 38.5 Å². The van der Waals surface area contributed by atoms with Crippen LogP contribution < -0.4 is 5.73 Å². The van der Waals surface area contributed by atoms with Gasteiger partial charge in [-0.25, -0.2) is 0 Å². The normalized spacial score (nSPS) is 22.4. The Balaban J connectivity index is 1.83. The molecule has 1 aliphatic rings. The maximum absolute atomic E-state index is 6.29. The van der Waals surface area contributed by atoms with Gasteiger partial charge in [0.15, 0.2) is 0 Å². The highest BCUT2D eigenvalue weighted by atomic mass is 79.9. The Morgan fingerprint density at radius 2 is 2.26 bits per heavy atom. The highest BCUT2D eigenvalue weighted by molar-refractivity contribution is 9.10. The third-order valence-electron chi connectivity index (χ3n) is 3.74. The van der Waals surface area contributed by atoms with E-state index in [2.05, 4.69) is 39.9 Å². The first-order valence-corrected chi connectivity index (χ1v) is 7.84. The van der Waals surface area contributed by atoms with Crippen molar-refractivity contribution in [2.75, 3.05) is 26.2 Å². The van der Waals surface area contributed by atoms with E-state index < -0.39 is 0 Å². The third-order valence-corrected chi connectivity index (χ3v) is 4.46. The molecule has 19 heavy (non-hydrogen) atoms. The molecule has 0 bridgehead atoms. The molecule has 0 aliphatic carbocycles. The number of nitrogens with two attached hydrogens (primary N) is 1. The Morgan fingerprint density at radius 3 is 3.00 bits per heavy atom. The van der Waals surface area contributed by atoms with Gasteiger partial charge in [0.2, 0.25) is 0 Å². The molecule has 2 rings (SSSR count). The van der Waals surface area contributed by atoms with Crippen molar-refractivity contribution in [2.45, 2.75) is 31.9 Å². The van der Waals surface area contributed by atoms with Crippen molar-refractivity contribution in [2.24, 2.45) is 5.73 Å². The smallest absolute Gasteiger partial charge is 0.0700 e. The number of rotatable bonds is 5. The monoisotopic (exact) mass is 326 g/mol. The van der Waals surface area contributed by atoms with Crippen LogP contribution in [0.25, 0.3) is 0 Å². The van der Waals surface area contributed by atoms with Crippen LogP contribution in [-0.2, 0) is 4.74 Å². The second kappa shape index (κ2) is 7.39. The summed E-state index contributed by atoms with van der Waals surface area (Å²) in [5, 5.41) is 0. The predicted octanol–water partition coefficient (Wildman–Crippen LogP) is 2.95. The number of halogens is 1. The third kappa shape index (κ3) is 4.28. The first-order chi connectivity index (χ1) is 9.20. The summed E-state index contributed by atoms with van der Waals surface area (Å²) in [5.41, 5.74) is 7.49. The Bertz CT molecular complexity index is 399. The Hall–Kier alpha value is -0.420. The van der Waals surface area contributed by atoms with Crippen molar-refractivity contribution < 1.29 is 4.74 Å². The fourth-order valence-corrected chi connectivity index (χ4v) is 3.06. The van der Waals surface area contributed by atoms with E-state index in [1.807, 2.05) is 12.1 Å². The summed E-state index contributed by atoms with van der Waals surface area (Å²) in [7, 11) is 0. The van der Waals surface area contributed by atoms with Gasteiger partial charge in [-0.1, -0.05) is 41.1 Å². The maximum atomic E-state index is 6.29. The molecule has 2 unspecified atom stereocenters. The van der Waals surface area contributed by atoms with E-state index in [0.717, 1.165) is 43.6 Å². The minimum absolute atomic E-state index is 0.0958. The maximum Gasteiger partial charge on any atom is 0.0700 e. The van der Waals surface area contributed by atoms with Crippen LogP contribution in [0.5, 0.6) is 0 Å². The summed E-state index contributed by atoms with van der Waals surface area (Å²) >= 11 is 3.57. The lowest BCUT2D eigenvalue weighted by atomic mass is 10.0. The fourth-order valence-electron chi connectivity index (χ4n) is 2.48. The van der Waals surface area contributed by atoms with E-state index in [1.165, 1.54) is 5.56 Å². The van der Waals surface area contributed by atoms with Gasteiger partial charge in [0.1, 0.15) is 0 Å². The molecule has 0 saturated carbocycles. The first kappa shape index (κ1) is 15.0. The molecular weight excluding hydrogens is 304 g/mol. The van der Waals surface area contributed by atoms with Crippen molar-refractivity contribution in [3.63, 3.8) is 0 Å². The average Bonchev–Trinajstić information content (AvgIpc) is 2.45. The van der Waals surface area contributed by atoms with Crippen molar-refractivity contribution >= 4 is 15.9 Å². The summed E-state index contributed by atoms with van der Waals surface area (Å²) in [6.07, 6.45) is 2.47. The zero-order valence-corrected chi connectivity index (χ0v) is 13.1. The molecule has 1 aromatic carbocycles. The second-order valence-electron chi connectivity index (χ2n) is 5.12. The van der Waals surface area contributed by atoms with Crippen LogP contribution in [0.1, 0.15) is 31.4 Å². The number of morpholine rings is 1. The molecule has 4 heteroatoms. The van der Waals surface area contributed by atoms with Gasteiger partial charge < -0.3 is 10.5 Å². The minimum atomic E-state index is 0.0958. The minimum Gasteiger partial charge on any atom is -0.376 e. The summed E-state index contributed by atoms with van der Waals surface area (Å²) in [5.74, 6) is 0. The molecule has 0 aromatic heterocycles. The van der Waals surface area contributed by atoms with Gasteiger partial charge >= 0.3 is 0 Å². The van der Waals surface area contributed by atoms with Crippen molar-refractivity contribution in [1.82, 2.24) is 4.90 Å². The van der Waals surface area contributed by atoms with E-state index in [-0.39, 0.29) is 6.04 Å². The molecule has 1 saturated heterocycles. The second-order valence-corrected chi connectivity index (χ2v) is 5.97. The lowest BCUT2D eigenvalue weighted by molar-refractivity contribution is -0.0302. The Kier molecular flexibility index (Phi) is 5.82. The molecule has 1 heterocycles. The van der Waals surface area contributed by atoms with E-state index in [9.17, 15) is 0 Å². The molecule has 1 aromatic rings. The number of hydrogen-bond acceptors (Lipinski definition) is 3. The zero-order valence-electron chi connectivity index (χ0n) is 11.5. The quantitative estimate of drug-likeness (QED) is 0.904. The Labute approximate surface area is 124 Å². The van der Waals surface area contributed by atoms with Crippen LogP contribution in [0.2, 0.25) is 0 Å². The Morgan fingerprint density at radius 1 is 1.47 bits per heavy atom. The molecule has 2 atom stereocenters. The van der Waals surface area contributed by atoms with Crippen LogP contribution in [0.15, 0.2) is 28.7 Å². The van der Waals surface area contributed by atoms with Gasteiger partial charge in [0, 0.05) is 30.1 Å². The van der Waals surface area contributed by atoms with Crippen molar-refractivity contribution in [3.8, 4) is 0 Å². The number of ether oxygens (including phenoxy) is 1. The van der Waals surface area contributed by atoms with Crippen LogP contribution in [0.4, 0.5) is 0 Å². The van der Waals surface area contributed by atoms with Crippen LogP contribution in [0.3, 0.4) is 0 Å². The SMILES string of the molecule is CCC1CN(CCC(N)c2ccccc2Br)CCO1. The molecular formula is C15H23BrN2O. The van der Waals surface area contributed by atoms with Gasteiger partial charge in [0.25, 0.3) is 0 Å². The summed E-state index contributed by atoms with van der Waals surface area (Å²) in [6, 6.07) is 8.31. The predicted molar refractivity (Wildman–Crippen MR) is 82.2 cm³/mol. The molecule has 0 spiro atoms. The van der Waals surface area contributed by atoms with E-state index in [0.29, 0.717) is 6.10 Å². The zero-order chi connectivity index (χ0) is 13.7. The number of hydrogen-bond donors (Lipinski definition) is 1. The van der Waals surface area contributed by atoms with Gasteiger partial charge in [-0.3, -0.25) is 4.90 Å². The molecule has 0 amide bonds. The first-order valence-electron chi connectivity index (χ1n) is 7.04. The van der Waals surface area contributed by atoms with Gasteiger partial charge in [0.05, 0.1) is 12.7 Å². The summed E-state index contributed by atoms with van der Waals surface area (Å²) in [6.45, 7) is 6.14. The average molecular weight is 327 g/mol. The number of benzene rings is 1. The summed E-state index contributed by atoms with van der Waals surface area (Å²) in [4.78, 5) is 2.47. The molecule has 3 nitrogen and oxygen atoms in total. The summed E-state index contributed by atoms with van der Waals surface area (Å²) < 4.78 is 6.79. The molecule has 1 aliphatic heterocycles. The van der Waals surface area contributed by atoms with E-state index >= 15 is 0 Å². The van der Waals surface area contributed by atoms with Gasteiger partial charge in [-0.15, -0.1) is 0 Å². The van der Waals surface area contributed by atoms with Crippen LogP contribution in [-0.4, -0.2) is 37.2 Å².